The fraction of sp³-hybridized carbons (Fsp3) is 0.500. The van der Waals surface area contributed by atoms with Gasteiger partial charge >= 0.3 is 0 Å². The average Bonchev–Trinajstić information content (AvgIpc) is 2.38. The van der Waals surface area contributed by atoms with E-state index in [4.69, 9.17) is 4.74 Å². The first-order valence-electron chi connectivity index (χ1n) is 6.00. The van der Waals surface area contributed by atoms with Crippen molar-refractivity contribution in [3.8, 4) is 0 Å². The van der Waals surface area contributed by atoms with Gasteiger partial charge in [0.25, 0.3) is 0 Å². The van der Waals surface area contributed by atoms with Crippen LogP contribution in [0.2, 0.25) is 0 Å². The molecule has 0 atom stereocenters. The molecule has 0 saturated carbocycles. The number of carbonyl (C=O) groups is 1. The number of hydrogen-bond acceptors (Lipinski definition) is 2. The van der Waals surface area contributed by atoms with Crippen LogP contribution < -0.4 is 0 Å². The molecule has 0 amide bonds. The standard InChI is InChI=1S/C14H18O2/c15-8-2-4-12-3-1-5-14(11-12)13-6-9-16-10-7-13/h1,3,5,8,11,13H,2,4,6-7,9-10H2. The summed E-state index contributed by atoms with van der Waals surface area (Å²) in [6, 6.07) is 8.65. The van der Waals surface area contributed by atoms with Crippen LogP contribution in [-0.4, -0.2) is 19.5 Å². The van der Waals surface area contributed by atoms with Gasteiger partial charge in [-0.3, -0.25) is 0 Å². The van der Waals surface area contributed by atoms with E-state index in [1.165, 1.54) is 11.1 Å². The summed E-state index contributed by atoms with van der Waals surface area (Å²) in [5.74, 6) is 0.643. The molecule has 1 aliphatic rings. The maximum absolute atomic E-state index is 10.3. The Morgan fingerprint density at radius 2 is 2.12 bits per heavy atom. The highest BCUT2D eigenvalue weighted by Crippen LogP contribution is 2.27. The fourth-order valence-electron chi connectivity index (χ4n) is 2.26. The zero-order chi connectivity index (χ0) is 11.2. The number of aldehydes is 1. The van der Waals surface area contributed by atoms with E-state index in [2.05, 4.69) is 24.3 Å². The van der Waals surface area contributed by atoms with Gasteiger partial charge in [0.1, 0.15) is 6.29 Å². The minimum absolute atomic E-state index is 0.622. The van der Waals surface area contributed by atoms with E-state index in [0.29, 0.717) is 12.3 Å². The number of ether oxygens (including phenoxy) is 1. The molecule has 2 heteroatoms. The van der Waals surface area contributed by atoms with Crippen LogP contribution in [0.5, 0.6) is 0 Å². The van der Waals surface area contributed by atoms with Crippen LogP contribution in [0.25, 0.3) is 0 Å². The third-order valence-electron chi connectivity index (χ3n) is 3.19. The highest BCUT2D eigenvalue weighted by Gasteiger charge is 2.15. The molecular formula is C14H18O2. The number of rotatable bonds is 4. The van der Waals surface area contributed by atoms with Crippen LogP contribution >= 0.6 is 0 Å². The summed E-state index contributed by atoms with van der Waals surface area (Å²) in [5, 5.41) is 0. The zero-order valence-electron chi connectivity index (χ0n) is 9.52. The highest BCUT2D eigenvalue weighted by molar-refractivity contribution is 5.50. The third kappa shape index (κ3) is 2.92. The average molecular weight is 218 g/mol. The predicted molar refractivity (Wildman–Crippen MR) is 63.6 cm³/mol. The molecule has 2 rings (SSSR count). The van der Waals surface area contributed by atoms with Crippen LogP contribution in [0.4, 0.5) is 0 Å². The third-order valence-corrected chi connectivity index (χ3v) is 3.19. The van der Waals surface area contributed by atoms with Crippen LogP contribution in [0.15, 0.2) is 24.3 Å². The summed E-state index contributed by atoms with van der Waals surface area (Å²) in [7, 11) is 0. The molecule has 0 spiro atoms. The lowest BCUT2D eigenvalue weighted by molar-refractivity contribution is -0.107. The van der Waals surface area contributed by atoms with E-state index in [1.807, 2.05) is 0 Å². The van der Waals surface area contributed by atoms with Crippen molar-refractivity contribution >= 4 is 6.29 Å². The van der Waals surface area contributed by atoms with Crippen LogP contribution in [-0.2, 0) is 16.0 Å². The van der Waals surface area contributed by atoms with E-state index >= 15 is 0 Å². The molecule has 0 bridgehead atoms. The maximum atomic E-state index is 10.3. The van der Waals surface area contributed by atoms with E-state index in [0.717, 1.165) is 38.8 Å². The first-order chi connectivity index (χ1) is 7.90. The second-order valence-electron chi connectivity index (χ2n) is 4.34. The summed E-state index contributed by atoms with van der Waals surface area (Å²) in [5.41, 5.74) is 2.68. The molecule has 0 unspecified atom stereocenters. The summed E-state index contributed by atoms with van der Waals surface area (Å²) in [6.07, 6.45) is 4.72. The van der Waals surface area contributed by atoms with Crippen molar-refractivity contribution in [3.05, 3.63) is 35.4 Å². The molecule has 1 fully saturated rings. The molecule has 0 N–H and O–H groups in total. The van der Waals surface area contributed by atoms with Gasteiger partial charge < -0.3 is 9.53 Å². The van der Waals surface area contributed by atoms with Crippen molar-refractivity contribution < 1.29 is 9.53 Å². The van der Waals surface area contributed by atoms with E-state index in [1.54, 1.807) is 0 Å². The van der Waals surface area contributed by atoms with Crippen LogP contribution in [0.1, 0.15) is 36.3 Å². The van der Waals surface area contributed by atoms with Crippen molar-refractivity contribution in [1.29, 1.82) is 0 Å². The summed E-state index contributed by atoms with van der Waals surface area (Å²) >= 11 is 0. The Hall–Kier alpha value is -1.15. The Balaban J connectivity index is 2.05. The molecule has 1 saturated heterocycles. The Bertz CT molecular complexity index is 340. The summed E-state index contributed by atoms with van der Waals surface area (Å²) < 4.78 is 5.37. The first kappa shape index (κ1) is 11.3. The number of carbonyl (C=O) groups excluding carboxylic acids is 1. The topological polar surface area (TPSA) is 26.3 Å². The molecule has 1 aliphatic heterocycles. The van der Waals surface area contributed by atoms with Crippen LogP contribution in [0.3, 0.4) is 0 Å². The Morgan fingerprint density at radius 3 is 2.88 bits per heavy atom. The Kier molecular flexibility index (Phi) is 4.11. The minimum atomic E-state index is 0.622. The monoisotopic (exact) mass is 218 g/mol. The van der Waals surface area contributed by atoms with Crippen molar-refractivity contribution in [3.63, 3.8) is 0 Å². The van der Waals surface area contributed by atoms with Crippen molar-refractivity contribution in [1.82, 2.24) is 0 Å². The molecule has 1 heterocycles. The highest BCUT2D eigenvalue weighted by atomic mass is 16.5. The number of benzene rings is 1. The van der Waals surface area contributed by atoms with Crippen molar-refractivity contribution in [2.75, 3.05) is 13.2 Å². The predicted octanol–water partition coefficient (Wildman–Crippen LogP) is 2.71. The van der Waals surface area contributed by atoms with Gasteiger partial charge in [0.15, 0.2) is 0 Å². The van der Waals surface area contributed by atoms with Gasteiger partial charge in [-0.2, -0.15) is 0 Å². The molecule has 1 aromatic carbocycles. The lowest BCUT2D eigenvalue weighted by Gasteiger charge is -2.22. The second-order valence-corrected chi connectivity index (χ2v) is 4.34. The van der Waals surface area contributed by atoms with E-state index in [-0.39, 0.29) is 0 Å². The Morgan fingerprint density at radius 1 is 1.31 bits per heavy atom. The van der Waals surface area contributed by atoms with Gasteiger partial charge in [-0.05, 0) is 36.3 Å². The lowest BCUT2D eigenvalue weighted by Crippen LogP contribution is -2.14. The van der Waals surface area contributed by atoms with Crippen molar-refractivity contribution in [2.24, 2.45) is 0 Å². The summed E-state index contributed by atoms with van der Waals surface area (Å²) in [6.45, 7) is 1.76. The maximum Gasteiger partial charge on any atom is 0.120 e. The van der Waals surface area contributed by atoms with Gasteiger partial charge in [-0.25, -0.2) is 0 Å². The molecule has 16 heavy (non-hydrogen) atoms. The molecule has 0 aromatic heterocycles. The number of hydrogen-bond donors (Lipinski definition) is 0. The van der Waals surface area contributed by atoms with Gasteiger partial charge in [0.05, 0.1) is 0 Å². The quantitative estimate of drug-likeness (QED) is 0.726. The van der Waals surface area contributed by atoms with E-state index in [9.17, 15) is 4.79 Å². The van der Waals surface area contributed by atoms with Gasteiger partial charge in [0, 0.05) is 19.6 Å². The molecule has 2 nitrogen and oxygen atoms in total. The molecular weight excluding hydrogens is 200 g/mol. The zero-order valence-corrected chi connectivity index (χ0v) is 9.52. The van der Waals surface area contributed by atoms with Crippen LogP contribution in [0, 0.1) is 0 Å². The summed E-state index contributed by atoms with van der Waals surface area (Å²) in [4.78, 5) is 10.3. The second kappa shape index (κ2) is 5.80. The largest absolute Gasteiger partial charge is 0.381 e. The molecule has 1 aromatic rings. The molecule has 0 aliphatic carbocycles. The lowest BCUT2D eigenvalue weighted by atomic mass is 9.90. The van der Waals surface area contributed by atoms with Crippen molar-refractivity contribution in [2.45, 2.75) is 31.6 Å². The van der Waals surface area contributed by atoms with Gasteiger partial charge in [0.2, 0.25) is 0 Å². The Labute approximate surface area is 96.6 Å². The first-order valence-corrected chi connectivity index (χ1v) is 6.00. The SMILES string of the molecule is O=CCCc1cccc(C2CCOCC2)c1. The molecule has 86 valence electrons. The number of aryl methyl sites for hydroxylation is 1. The smallest absolute Gasteiger partial charge is 0.120 e. The van der Waals surface area contributed by atoms with Gasteiger partial charge in [-0.1, -0.05) is 24.3 Å². The molecule has 0 radical (unpaired) electrons. The van der Waals surface area contributed by atoms with Gasteiger partial charge in [-0.15, -0.1) is 0 Å². The van der Waals surface area contributed by atoms with E-state index < -0.39 is 0 Å². The minimum Gasteiger partial charge on any atom is -0.381 e. The normalized spacial score (nSPS) is 17.2. The fourth-order valence-corrected chi connectivity index (χ4v) is 2.26.